The zero-order valence-corrected chi connectivity index (χ0v) is 10.9. The van der Waals surface area contributed by atoms with E-state index in [1.807, 2.05) is 0 Å². The van der Waals surface area contributed by atoms with Crippen molar-refractivity contribution in [3.8, 4) is 0 Å². The van der Waals surface area contributed by atoms with E-state index >= 15 is 0 Å². The molecule has 1 aromatic heterocycles. The average Bonchev–Trinajstić information content (AvgIpc) is 2.97. The summed E-state index contributed by atoms with van der Waals surface area (Å²) in [7, 11) is 0. The second-order valence-corrected chi connectivity index (χ2v) is 6.15. The van der Waals surface area contributed by atoms with E-state index in [1.54, 1.807) is 0 Å². The molecule has 0 amide bonds. The fraction of sp³-hybridized carbons (Fsp3) is 0.786. The highest BCUT2D eigenvalue weighted by Gasteiger charge is 2.33. The van der Waals surface area contributed by atoms with Crippen molar-refractivity contribution in [2.24, 2.45) is 5.92 Å². The molecule has 0 atom stereocenters. The minimum Gasteiger partial charge on any atom is -0.384 e. The molecule has 0 saturated heterocycles. The molecule has 3 rings (SSSR count). The van der Waals surface area contributed by atoms with E-state index in [0.717, 1.165) is 12.4 Å². The first-order chi connectivity index (χ1) is 8.16. The van der Waals surface area contributed by atoms with Crippen molar-refractivity contribution in [1.82, 2.24) is 9.55 Å². The number of anilines is 1. The molecule has 2 fully saturated rings. The Balaban J connectivity index is 1.94. The van der Waals surface area contributed by atoms with Crippen LogP contribution in [0.25, 0.3) is 0 Å². The lowest BCUT2D eigenvalue weighted by Gasteiger charge is -2.24. The van der Waals surface area contributed by atoms with Gasteiger partial charge in [-0.15, -0.1) is 0 Å². The van der Waals surface area contributed by atoms with Gasteiger partial charge >= 0.3 is 0 Å². The maximum atomic E-state index is 6.33. The summed E-state index contributed by atoms with van der Waals surface area (Å²) in [5, 5.41) is 0. The SMILES string of the molecule is CC(C)Cn1c(C2CC2)nc(C2CCC2)c1N. The molecule has 2 aliphatic rings. The summed E-state index contributed by atoms with van der Waals surface area (Å²) in [6, 6.07) is 0. The van der Waals surface area contributed by atoms with Crippen molar-refractivity contribution < 1.29 is 0 Å². The van der Waals surface area contributed by atoms with E-state index in [2.05, 4.69) is 18.4 Å². The molecule has 0 aliphatic heterocycles. The van der Waals surface area contributed by atoms with Gasteiger partial charge in [0.25, 0.3) is 0 Å². The molecule has 1 aromatic rings. The summed E-state index contributed by atoms with van der Waals surface area (Å²) in [4.78, 5) is 4.88. The van der Waals surface area contributed by atoms with Crippen molar-refractivity contribution in [3.63, 3.8) is 0 Å². The van der Waals surface area contributed by atoms with E-state index in [4.69, 9.17) is 10.7 Å². The van der Waals surface area contributed by atoms with E-state index in [1.165, 1.54) is 43.6 Å². The second kappa shape index (κ2) is 4.04. The van der Waals surface area contributed by atoms with Gasteiger partial charge in [0, 0.05) is 18.4 Å². The van der Waals surface area contributed by atoms with Crippen LogP contribution in [-0.4, -0.2) is 9.55 Å². The molecule has 2 N–H and O–H groups in total. The Morgan fingerprint density at radius 2 is 1.94 bits per heavy atom. The van der Waals surface area contributed by atoms with Crippen LogP contribution in [0.1, 0.15) is 69.3 Å². The van der Waals surface area contributed by atoms with E-state index in [9.17, 15) is 0 Å². The first kappa shape index (κ1) is 11.1. The molecule has 3 nitrogen and oxygen atoms in total. The molecule has 94 valence electrons. The Hall–Kier alpha value is -0.990. The molecule has 1 heterocycles. The van der Waals surface area contributed by atoms with Crippen molar-refractivity contribution in [3.05, 3.63) is 11.5 Å². The molecule has 3 heteroatoms. The van der Waals surface area contributed by atoms with Crippen LogP contribution in [0.2, 0.25) is 0 Å². The van der Waals surface area contributed by atoms with E-state index in [0.29, 0.717) is 17.8 Å². The number of aromatic nitrogens is 2. The molecule has 0 aromatic carbocycles. The molecule has 2 saturated carbocycles. The third kappa shape index (κ3) is 1.96. The monoisotopic (exact) mass is 233 g/mol. The number of nitrogen functional groups attached to an aromatic ring is 1. The Morgan fingerprint density at radius 3 is 2.41 bits per heavy atom. The fourth-order valence-electron chi connectivity index (χ4n) is 2.70. The summed E-state index contributed by atoms with van der Waals surface area (Å²) in [5.41, 5.74) is 7.54. The van der Waals surface area contributed by atoms with Crippen LogP contribution in [0.5, 0.6) is 0 Å². The van der Waals surface area contributed by atoms with E-state index < -0.39 is 0 Å². The van der Waals surface area contributed by atoms with Gasteiger partial charge in [-0.3, -0.25) is 0 Å². The maximum absolute atomic E-state index is 6.33. The van der Waals surface area contributed by atoms with Crippen molar-refractivity contribution >= 4 is 5.82 Å². The Labute approximate surface area is 103 Å². The van der Waals surface area contributed by atoms with Crippen LogP contribution in [0.3, 0.4) is 0 Å². The lowest BCUT2D eigenvalue weighted by atomic mass is 9.83. The van der Waals surface area contributed by atoms with Crippen LogP contribution < -0.4 is 5.73 Å². The Kier molecular flexibility index (Phi) is 2.64. The van der Waals surface area contributed by atoms with Crippen LogP contribution in [0, 0.1) is 5.92 Å². The zero-order chi connectivity index (χ0) is 12.0. The number of hydrogen-bond acceptors (Lipinski definition) is 2. The van der Waals surface area contributed by atoms with Gasteiger partial charge in [0.2, 0.25) is 0 Å². The molecular weight excluding hydrogens is 210 g/mol. The van der Waals surface area contributed by atoms with Crippen LogP contribution in [0.4, 0.5) is 5.82 Å². The molecule has 0 spiro atoms. The zero-order valence-electron chi connectivity index (χ0n) is 10.9. The quantitative estimate of drug-likeness (QED) is 0.867. The first-order valence-electron chi connectivity index (χ1n) is 7.02. The van der Waals surface area contributed by atoms with E-state index in [-0.39, 0.29) is 0 Å². The van der Waals surface area contributed by atoms with Gasteiger partial charge in [0.1, 0.15) is 11.6 Å². The second-order valence-electron chi connectivity index (χ2n) is 6.15. The number of nitrogens with two attached hydrogens (primary N) is 1. The third-order valence-electron chi connectivity index (χ3n) is 4.05. The third-order valence-corrected chi connectivity index (χ3v) is 4.05. The summed E-state index contributed by atoms with van der Waals surface area (Å²) < 4.78 is 2.30. The van der Waals surface area contributed by atoms with Gasteiger partial charge in [-0.25, -0.2) is 4.98 Å². The number of imidazole rings is 1. The lowest BCUT2D eigenvalue weighted by molar-refractivity contribution is 0.413. The largest absolute Gasteiger partial charge is 0.384 e. The van der Waals surface area contributed by atoms with Crippen molar-refractivity contribution in [2.75, 3.05) is 5.73 Å². The molecule has 0 radical (unpaired) electrons. The summed E-state index contributed by atoms with van der Waals surface area (Å²) in [6.45, 7) is 5.52. The Bertz CT molecular complexity index is 411. The lowest BCUT2D eigenvalue weighted by Crippen LogP contribution is -2.13. The standard InChI is InChI=1S/C14H23N3/c1-9(2)8-17-13(15)12(10-4-3-5-10)16-14(17)11-6-7-11/h9-11H,3-8,15H2,1-2H3. The highest BCUT2D eigenvalue weighted by Crippen LogP contribution is 2.44. The minimum absolute atomic E-state index is 0.637. The minimum atomic E-state index is 0.637. The van der Waals surface area contributed by atoms with Crippen LogP contribution in [-0.2, 0) is 6.54 Å². The topological polar surface area (TPSA) is 43.8 Å². The van der Waals surface area contributed by atoms with Gasteiger partial charge in [-0.1, -0.05) is 20.3 Å². The van der Waals surface area contributed by atoms with Crippen LogP contribution in [0.15, 0.2) is 0 Å². The highest BCUT2D eigenvalue weighted by molar-refractivity contribution is 5.42. The highest BCUT2D eigenvalue weighted by atomic mass is 15.2. The summed E-state index contributed by atoms with van der Waals surface area (Å²) in [5.74, 6) is 4.23. The molecular formula is C14H23N3. The smallest absolute Gasteiger partial charge is 0.127 e. The van der Waals surface area contributed by atoms with Gasteiger partial charge in [-0.05, 0) is 31.6 Å². The number of nitrogens with zero attached hydrogens (tertiary/aromatic N) is 2. The average molecular weight is 233 g/mol. The predicted octanol–water partition coefficient (Wildman–Crippen LogP) is 3.27. The predicted molar refractivity (Wildman–Crippen MR) is 70.0 cm³/mol. The summed E-state index contributed by atoms with van der Waals surface area (Å²) in [6.07, 6.45) is 6.53. The van der Waals surface area contributed by atoms with Crippen LogP contribution >= 0.6 is 0 Å². The first-order valence-corrected chi connectivity index (χ1v) is 7.02. The fourth-order valence-corrected chi connectivity index (χ4v) is 2.70. The van der Waals surface area contributed by atoms with Gasteiger partial charge < -0.3 is 10.3 Å². The van der Waals surface area contributed by atoms with Gasteiger partial charge in [-0.2, -0.15) is 0 Å². The number of hydrogen-bond donors (Lipinski definition) is 1. The van der Waals surface area contributed by atoms with Crippen molar-refractivity contribution in [2.45, 2.75) is 64.3 Å². The molecule has 2 aliphatic carbocycles. The normalized spacial score (nSPS) is 20.9. The maximum Gasteiger partial charge on any atom is 0.127 e. The van der Waals surface area contributed by atoms with Crippen molar-refractivity contribution in [1.29, 1.82) is 0 Å². The summed E-state index contributed by atoms with van der Waals surface area (Å²) >= 11 is 0. The van der Waals surface area contributed by atoms with Gasteiger partial charge in [0.15, 0.2) is 0 Å². The van der Waals surface area contributed by atoms with Gasteiger partial charge in [0.05, 0.1) is 5.69 Å². The molecule has 0 bridgehead atoms. The Morgan fingerprint density at radius 1 is 1.24 bits per heavy atom. The number of rotatable bonds is 4. The molecule has 17 heavy (non-hydrogen) atoms. The molecule has 0 unspecified atom stereocenters.